The Balaban J connectivity index is 1.69. The fraction of sp³-hybridized carbons (Fsp3) is 0.650. The van der Waals surface area contributed by atoms with Crippen molar-refractivity contribution in [2.24, 2.45) is 10.9 Å². The molecule has 26 heavy (non-hydrogen) atoms. The summed E-state index contributed by atoms with van der Waals surface area (Å²) < 4.78 is 11.1. The number of hydrogen-bond acceptors (Lipinski definition) is 4. The molecular weight excluding hydrogens is 328 g/mol. The standard InChI is InChI=1S/C20H34N4O2/c1-21-20(22-11-13-24(2)12-6-14-25-3)23-15-18-7-4-5-8-19(18)26-16-17-9-10-17/h4-5,7-8,17H,6,9-16H2,1-3H3,(H2,21,22,23). The third-order valence-corrected chi connectivity index (χ3v) is 4.49. The summed E-state index contributed by atoms with van der Waals surface area (Å²) in [5.74, 6) is 2.54. The van der Waals surface area contributed by atoms with E-state index < -0.39 is 0 Å². The molecule has 1 saturated carbocycles. The van der Waals surface area contributed by atoms with Gasteiger partial charge >= 0.3 is 0 Å². The van der Waals surface area contributed by atoms with Crippen molar-refractivity contribution in [1.82, 2.24) is 15.5 Å². The molecule has 0 aromatic heterocycles. The maximum Gasteiger partial charge on any atom is 0.191 e. The molecule has 0 saturated heterocycles. The molecule has 1 aliphatic carbocycles. The van der Waals surface area contributed by atoms with E-state index in [0.717, 1.165) is 62.5 Å². The number of guanidine groups is 1. The van der Waals surface area contributed by atoms with E-state index in [1.165, 1.54) is 12.8 Å². The van der Waals surface area contributed by atoms with E-state index in [-0.39, 0.29) is 0 Å². The van der Waals surface area contributed by atoms with Crippen LogP contribution in [0.4, 0.5) is 0 Å². The maximum absolute atomic E-state index is 5.97. The quantitative estimate of drug-likeness (QED) is 0.339. The van der Waals surface area contributed by atoms with Gasteiger partial charge in [0.15, 0.2) is 5.96 Å². The molecule has 0 atom stereocenters. The topological polar surface area (TPSA) is 58.1 Å². The third-order valence-electron chi connectivity index (χ3n) is 4.49. The van der Waals surface area contributed by atoms with E-state index in [1.54, 1.807) is 14.2 Å². The van der Waals surface area contributed by atoms with Crippen LogP contribution < -0.4 is 15.4 Å². The Hall–Kier alpha value is -1.79. The lowest BCUT2D eigenvalue weighted by molar-refractivity contribution is 0.180. The molecule has 6 nitrogen and oxygen atoms in total. The minimum absolute atomic E-state index is 0.699. The highest BCUT2D eigenvalue weighted by Gasteiger charge is 2.22. The minimum atomic E-state index is 0.699. The summed E-state index contributed by atoms with van der Waals surface area (Å²) in [4.78, 5) is 6.60. The van der Waals surface area contributed by atoms with Gasteiger partial charge in [0.1, 0.15) is 5.75 Å². The summed E-state index contributed by atoms with van der Waals surface area (Å²) in [6.07, 6.45) is 3.66. The molecule has 2 N–H and O–H groups in total. The Morgan fingerprint density at radius 1 is 1.23 bits per heavy atom. The van der Waals surface area contributed by atoms with Gasteiger partial charge in [-0.25, -0.2) is 0 Å². The monoisotopic (exact) mass is 362 g/mol. The molecule has 0 heterocycles. The Kier molecular flexibility index (Phi) is 9.28. The van der Waals surface area contributed by atoms with E-state index in [2.05, 4.69) is 33.6 Å². The zero-order chi connectivity index (χ0) is 18.6. The van der Waals surface area contributed by atoms with E-state index >= 15 is 0 Å². The fourth-order valence-corrected chi connectivity index (χ4v) is 2.64. The van der Waals surface area contributed by atoms with Gasteiger partial charge in [-0.05, 0) is 38.3 Å². The van der Waals surface area contributed by atoms with Crippen molar-refractivity contribution >= 4 is 5.96 Å². The van der Waals surface area contributed by atoms with E-state index in [4.69, 9.17) is 9.47 Å². The number of benzene rings is 1. The number of para-hydroxylation sites is 1. The molecule has 0 radical (unpaired) electrons. The van der Waals surface area contributed by atoms with Crippen LogP contribution in [0, 0.1) is 5.92 Å². The first-order valence-electron chi connectivity index (χ1n) is 9.55. The molecule has 0 spiro atoms. The van der Waals surface area contributed by atoms with Crippen molar-refractivity contribution in [2.75, 3.05) is 54.1 Å². The first-order valence-corrected chi connectivity index (χ1v) is 9.55. The third kappa shape index (κ3) is 8.06. The molecule has 1 aromatic rings. The second-order valence-corrected chi connectivity index (χ2v) is 6.86. The Morgan fingerprint density at radius 3 is 2.77 bits per heavy atom. The van der Waals surface area contributed by atoms with Crippen LogP contribution in [0.25, 0.3) is 0 Å². The van der Waals surface area contributed by atoms with E-state index in [9.17, 15) is 0 Å². The van der Waals surface area contributed by atoms with Crippen LogP contribution in [0.1, 0.15) is 24.8 Å². The Morgan fingerprint density at radius 2 is 2.04 bits per heavy atom. The van der Waals surface area contributed by atoms with Crippen molar-refractivity contribution in [3.05, 3.63) is 29.8 Å². The number of nitrogens with zero attached hydrogens (tertiary/aromatic N) is 2. The van der Waals surface area contributed by atoms with Gasteiger partial charge in [0.25, 0.3) is 0 Å². The fourth-order valence-electron chi connectivity index (χ4n) is 2.64. The average molecular weight is 363 g/mol. The van der Waals surface area contributed by atoms with Crippen molar-refractivity contribution in [1.29, 1.82) is 0 Å². The van der Waals surface area contributed by atoms with Gasteiger partial charge < -0.3 is 25.0 Å². The summed E-state index contributed by atoms with van der Waals surface area (Å²) in [5.41, 5.74) is 1.16. The number of likely N-dealkylation sites (N-methyl/N-ethyl adjacent to an activating group) is 1. The normalized spacial score (nSPS) is 14.5. The molecule has 0 amide bonds. The van der Waals surface area contributed by atoms with Gasteiger partial charge in [-0.2, -0.15) is 0 Å². The smallest absolute Gasteiger partial charge is 0.191 e. The van der Waals surface area contributed by atoms with Crippen LogP contribution in [-0.4, -0.2) is 64.9 Å². The molecular formula is C20H34N4O2. The van der Waals surface area contributed by atoms with Gasteiger partial charge in [-0.1, -0.05) is 18.2 Å². The summed E-state index contributed by atoms with van der Waals surface area (Å²) in [5, 5.41) is 6.74. The lowest BCUT2D eigenvalue weighted by Crippen LogP contribution is -2.40. The van der Waals surface area contributed by atoms with E-state index in [0.29, 0.717) is 6.54 Å². The molecule has 1 aliphatic rings. The molecule has 1 aromatic carbocycles. The number of ether oxygens (including phenoxy) is 2. The summed E-state index contributed by atoms with van der Waals surface area (Å²) >= 11 is 0. The van der Waals surface area contributed by atoms with Crippen LogP contribution in [-0.2, 0) is 11.3 Å². The number of rotatable bonds is 12. The summed E-state index contributed by atoms with van der Waals surface area (Å²) in [7, 11) is 5.67. The van der Waals surface area contributed by atoms with Crippen molar-refractivity contribution < 1.29 is 9.47 Å². The molecule has 0 unspecified atom stereocenters. The van der Waals surface area contributed by atoms with Gasteiger partial charge in [0.2, 0.25) is 0 Å². The Bertz CT molecular complexity index is 546. The summed E-state index contributed by atoms with van der Waals surface area (Å²) in [6, 6.07) is 8.22. The maximum atomic E-state index is 5.97. The molecule has 1 fully saturated rings. The van der Waals surface area contributed by atoms with E-state index in [1.807, 2.05) is 18.2 Å². The number of hydrogen-bond donors (Lipinski definition) is 2. The van der Waals surface area contributed by atoms with Gasteiger partial charge in [0.05, 0.1) is 6.61 Å². The highest BCUT2D eigenvalue weighted by atomic mass is 16.5. The SMILES string of the molecule is CN=C(NCCN(C)CCCOC)NCc1ccccc1OCC1CC1. The second-order valence-electron chi connectivity index (χ2n) is 6.86. The summed E-state index contributed by atoms with van der Waals surface area (Å²) in [6.45, 7) is 5.19. The number of nitrogens with one attached hydrogen (secondary N) is 2. The number of methoxy groups -OCH3 is 1. The van der Waals surface area contributed by atoms with Gasteiger partial charge in [-0.3, -0.25) is 4.99 Å². The molecule has 0 bridgehead atoms. The van der Waals surface area contributed by atoms with Crippen molar-refractivity contribution in [3.63, 3.8) is 0 Å². The van der Waals surface area contributed by atoms with Crippen molar-refractivity contribution in [3.8, 4) is 5.75 Å². The second kappa shape index (κ2) is 11.8. The highest BCUT2D eigenvalue weighted by molar-refractivity contribution is 5.79. The van der Waals surface area contributed by atoms with Crippen LogP contribution in [0.15, 0.2) is 29.3 Å². The Labute approximate surface area is 158 Å². The molecule has 146 valence electrons. The predicted octanol–water partition coefficient (Wildman–Crippen LogP) is 2.11. The number of aliphatic imine (C=N–C) groups is 1. The highest BCUT2D eigenvalue weighted by Crippen LogP contribution is 2.30. The molecule has 0 aliphatic heterocycles. The average Bonchev–Trinajstić information content (AvgIpc) is 3.48. The zero-order valence-corrected chi connectivity index (χ0v) is 16.5. The minimum Gasteiger partial charge on any atom is -0.493 e. The van der Waals surface area contributed by atoms with Gasteiger partial charge in [-0.15, -0.1) is 0 Å². The first kappa shape index (κ1) is 20.5. The van der Waals surface area contributed by atoms with Crippen LogP contribution >= 0.6 is 0 Å². The van der Waals surface area contributed by atoms with Crippen LogP contribution in [0.5, 0.6) is 5.75 Å². The largest absolute Gasteiger partial charge is 0.493 e. The molecule has 2 rings (SSSR count). The lowest BCUT2D eigenvalue weighted by Gasteiger charge is -2.18. The van der Waals surface area contributed by atoms with Crippen molar-refractivity contribution in [2.45, 2.75) is 25.8 Å². The molecule has 6 heteroatoms. The zero-order valence-electron chi connectivity index (χ0n) is 16.5. The predicted molar refractivity (Wildman–Crippen MR) is 107 cm³/mol. The van der Waals surface area contributed by atoms with Gasteiger partial charge in [0, 0.05) is 52.5 Å². The first-order chi connectivity index (χ1) is 12.7. The van der Waals surface area contributed by atoms with Crippen LogP contribution in [0.3, 0.4) is 0 Å². The lowest BCUT2D eigenvalue weighted by atomic mass is 10.2. The van der Waals surface area contributed by atoms with Crippen LogP contribution in [0.2, 0.25) is 0 Å².